The summed E-state index contributed by atoms with van der Waals surface area (Å²) >= 11 is 0. The summed E-state index contributed by atoms with van der Waals surface area (Å²) < 4.78 is 5.85. The number of oxazole rings is 1. The summed E-state index contributed by atoms with van der Waals surface area (Å²) in [6, 6.07) is 8.24. The van der Waals surface area contributed by atoms with Crippen molar-refractivity contribution in [2.75, 3.05) is 0 Å². The molecule has 1 aromatic heterocycles. The first-order valence-electron chi connectivity index (χ1n) is 6.67. The third-order valence-corrected chi connectivity index (χ3v) is 3.32. The van der Waals surface area contributed by atoms with Crippen LogP contribution in [0.4, 0.5) is 0 Å². The summed E-state index contributed by atoms with van der Waals surface area (Å²) in [5.74, 6) is 1.66. The minimum absolute atomic E-state index is 0.714. The molecule has 2 nitrogen and oxygen atoms in total. The summed E-state index contributed by atoms with van der Waals surface area (Å²) in [7, 11) is 0. The summed E-state index contributed by atoms with van der Waals surface area (Å²) in [5.41, 5.74) is 3.68. The second-order valence-electron chi connectivity index (χ2n) is 4.97. The van der Waals surface area contributed by atoms with Crippen molar-refractivity contribution < 1.29 is 4.42 Å². The van der Waals surface area contributed by atoms with E-state index < -0.39 is 0 Å². The molecule has 0 atom stereocenters. The predicted octanol–water partition coefficient (Wildman–Crippen LogP) is 4.47. The van der Waals surface area contributed by atoms with Gasteiger partial charge in [-0.15, -0.1) is 0 Å². The van der Waals surface area contributed by atoms with E-state index >= 15 is 0 Å². The predicted molar refractivity (Wildman–Crippen MR) is 76.8 cm³/mol. The topological polar surface area (TPSA) is 26.0 Å². The number of hydrogen-bond acceptors (Lipinski definition) is 2. The number of benzene rings is 1. The fourth-order valence-electron chi connectivity index (χ4n) is 2.32. The Bertz CT molecular complexity index is 634. The number of nitrogens with zero attached hydrogens (tertiary/aromatic N) is 1. The van der Waals surface area contributed by atoms with Crippen LogP contribution in [0, 0.1) is 6.92 Å². The molecule has 3 rings (SSSR count). The molecule has 0 N–H and O–H groups in total. The average molecular weight is 251 g/mol. The fourth-order valence-corrected chi connectivity index (χ4v) is 2.32. The first kappa shape index (κ1) is 12.0. The fraction of sp³-hybridized carbons (Fsp3) is 0.235. The van der Waals surface area contributed by atoms with Crippen LogP contribution in [0.1, 0.15) is 24.2 Å². The van der Waals surface area contributed by atoms with Crippen LogP contribution in [0.2, 0.25) is 0 Å². The normalized spacial score (nSPS) is 14.5. The minimum atomic E-state index is 0.714. The lowest BCUT2D eigenvalue weighted by Gasteiger charge is -2.06. The molecule has 0 fully saturated rings. The number of aryl methyl sites for hydroxylation is 1. The molecule has 0 saturated heterocycles. The van der Waals surface area contributed by atoms with Crippen molar-refractivity contribution in [3.8, 4) is 11.5 Å². The van der Waals surface area contributed by atoms with Crippen LogP contribution < -0.4 is 0 Å². The van der Waals surface area contributed by atoms with Crippen LogP contribution in [0.15, 0.2) is 58.7 Å². The van der Waals surface area contributed by atoms with E-state index in [-0.39, 0.29) is 0 Å². The highest BCUT2D eigenvalue weighted by Crippen LogP contribution is 2.23. The van der Waals surface area contributed by atoms with Gasteiger partial charge in [0.15, 0.2) is 0 Å². The Labute approximate surface area is 113 Å². The molecule has 19 heavy (non-hydrogen) atoms. The Hall–Kier alpha value is -2.09. The number of allylic oxidation sites excluding steroid dienone is 4. The van der Waals surface area contributed by atoms with Crippen molar-refractivity contribution >= 4 is 0 Å². The van der Waals surface area contributed by atoms with Crippen LogP contribution in [-0.2, 0) is 6.42 Å². The molecule has 1 aliphatic rings. The number of hydrogen-bond donors (Lipinski definition) is 0. The molecule has 1 heterocycles. The molecule has 0 unspecified atom stereocenters. The van der Waals surface area contributed by atoms with E-state index in [4.69, 9.17) is 4.42 Å². The van der Waals surface area contributed by atoms with Crippen LogP contribution in [0.3, 0.4) is 0 Å². The van der Waals surface area contributed by atoms with Gasteiger partial charge in [0.25, 0.3) is 0 Å². The highest BCUT2D eigenvalue weighted by molar-refractivity contribution is 5.54. The molecule has 0 radical (unpaired) electrons. The van der Waals surface area contributed by atoms with E-state index in [9.17, 15) is 0 Å². The van der Waals surface area contributed by atoms with Crippen molar-refractivity contribution in [2.45, 2.75) is 26.2 Å². The zero-order valence-electron chi connectivity index (χ0n) is 11.1. The van der Waals surface area contributed by atoms with Gasteiger partial charge >= 0.3 is 0 Å². The van der Waals surface area contributed by atoms with Crippen molar-refractivity contribution in [1.82, 2.24) is 4.98 Å². The number of aromatic nitrogens is 1. The van der Waals surface area contributed by atoms with Crippen LogP contribution in [0.5, 0.6) is 0 Å². The summed E-state index contributed by atoms with van der Waals surface area (Å²) in [4.78, 5) is 4.38. The maximum Gasteiger partial charge on any atom is 0.226 e. The molecule has 0 saturated carbocycles. The van der Waals surface area contributed by atoms with Crippen LogP contribution in [0.25, 0.3) is 11.5 Å². The highest BCUT2D eigenvalue weighted by Gasteiger charge is 2.09. The van der Waals surface area contributed by atoms with Crippen LogP contribution in [-0.4, -0.2) is 4.98 Å². The largest absolute Gasteiger partial charge is 0.441 e. The molecule has 1 aromatic carbocycles. The summed E-state index contributed by atoms with van der Waals surface area (Å²) in [5, 5.41) is 0. The van der Waals surface area contributed by atoms with Gasteiger partial charge in [-0.05, 0) is 31.9 Å². The number of rotatable bonds is 3. The summed E-state index contributed by atoms with van der Waals surface area (Å²) in [6.45, 7) is 2.08. The zero-order valence-corrected chi connectivity index (χ0v) is 11.1. The summed E-state index contributed by atoms with van der Waals surface area (Å²) in [6.07, 6.45) is 11.5. The van der Waals surface area contributed by atoms with E-state index in [0.29, 0.717) is 5.89 Å². The molecule has 1 aliphatic carbocycles. The van der Waals surface area contributed by atoms with Gasteiger partial charge < -0.3 is 4.42 Å². The van der Waals surface area contributed by atoms with Gasteiger partial charge in [-0.1, -0.05) is 41.5 Å². The third-order valence-electron chi connectivity index (χ3n) is 3.32. The quantitative estimate of drug-likeness (QED) is 0.804. The van der Waals surface area contributed by atoms with E-state index in [2.05, 4.69) is 42.3 Å². The molecule has 0 bridgehead atoms. The molecular weight excluding hydrogens is 234 g/mol. The SMILES string of the molecule is Cc1cccc(-c2ncc(CC3=CC=CCC3)o2)c1. The maximum absolute atomic E-state index is 5.85. The van der Waals surface area contributed by atoms with Gasteiger partial charge in [-0.25, -0.2) is 4.98 Å². The second kappa shape index (κ2) is 5.27. The van der Waals surface area contributed by atoms with Crippen molar-refractivity contribution in [3.05, 3.63) is 65.6 Å². The first-order chi connectivity index (χ1) is 9.31. The van der Waals surface area contributed by atoms with Gasteiger partial charge in [0.2, 0.25) is 5.89 Å². The second-order valence-corrected chi connectivity index (χ2v) is 4.97. The Morgan fingerprint density at radius 3 is 3.05 bits per heavy atom. The van der Waals surface area contributed by atoms with Crippen LogP contribution >= 0.6 is 0 Å². The van der Waals surface area contributed by atoms with Crippen molar-refractivity contribution in [1.29, 1.82) is 0 Å². The molecule has 2 aromatic rings. The van der Waals surface area contributed by atoms with E-state index in [1.54, 1.807) is 0 Å². The maximum atomic E-state index is 5.85. The van der Waals surface area contributed by atoms with E-state index in [1.807, 2.05) is 18.3 Å². The third kappa shape index (κ3) is 2.84. The standard InChI is InChI=1S/C17H17NO/c1-13-6-5-9-15(10-13)17-18-12-16(19-17)11-14-7-3-2-4-8-14/h2-3,5-7,9-10,12H,4,8,11H2,1H3. The first-order valence-corrected chi connectivity index (χ1v) is 6.67. The van der Waals surface area contributed by atoms with Gasteiger partial charge in [0, 0.05) is 12.0 Å². The Morgan fingerprint density at radius 1 is 1.32 bits per heavy atom. The molecule has 0 spiro atoms. The van der Waals surface area contributed by atoms with Gasteiger partial charge in [-0.3, -0.25) is 0 Å². The monoisotopic (exact) mass is 251 g/mol. The average Bonchev–Trinajstić information content (AvgIpc) is 2.88. The lowest BCUT2D eigenvalue weighted by Crippen LogP contribution is -1.91. The Balaban J connectivity index is 1.79. The Kier molecular flexibility index (Phi) is 3.32. The van der Waals surface area contributed by atoms with Gasteiger partial charge in [-0.2, -0.15) is 0 Å². The van der Waals surface area contributed by atoms with Gasteiger partial charge in [0.1, 0.15) is 5.76 Å². The van der Waals surface area contributed by atoms with Crippen molar-refractivity contribution in [2.24, 2.45) is 0 Å². The highest BCUT2D eigenvalue weighted by atomic mass is 16.4. The van der Waals surface area contributed by atoms with E-state index in [1.165, 1.54) is 11.1 Å². The van der Waals surface area contributed by atoms with Gasteiger partial charge in [0.05, 0.1) is 6.20 Å². The lowest BCUT2D eigenvalue weighted by molar-refractivity contribution is 0.525. The van der Waals surface area contributed by atoms with Crippen molar-refractivity contribution in [3.63, 3.8) is 0 Å². The van der Waals surface area contributed by atoms with E-state index in [0.717, 1.165) is 30.6 Å². The molecular formula is C17H17NO. The zero-order chi connectivity index (χ0) is 13.1. The smallest absolute Gasteiger partial charge is 0.226 e. The molecule has 0 aliphatic heterocycles. The Morgan fingerprint density at radius 2 is 2.26 bits per heavy atom. The molecule has 0 amide bonds. The minimum Gasteiger partial charge on any atom is -0.441 e. The molecule has 2 heteroatoms. The lowest BCUT2D eigenvalue weighted by atomic mass is 10.0. The molecule has 96 valence electrons.